The predicted octanol–water partition coefficient (Wildman–Crippen LogP) is 2.31. The monoisotopic (exact) mass is 435 g/mol. The molecule has 3 aromatic rings. The zero-order valence-electron chi connectivity index (χ0n) is 18.0. The number of aromatic nitrogens is 2. The largest absolute Gasteiger partial charge is 0.492 e. The van der Waals surface area contributed by atoms with Gasteiger partial charge in [0.05, 0.1) is 29.1 Å². The molecule has 1 saturated heterocycles. The number of hydrazine groups is 1. The van der Waals surface area contributed by atoms with Crippen molar-refractivity contribution in [3.8, 4) is 5.75 Å². The van der Waals surface area contributed by atoms with Crippen molar-refractivity contribution < 1.29 is 14.3 Å². The highest BCUT2D eigenvalue weighted by atomic mass is 16.5. The average Bonchev–Trinajstić information content (AvgIpc) is 3.19. The van der Waals surface area contributed by atoms with E-state index in [1.165, 1.54) is 4.57 Å². The standard InChI is InChI=1S/C23H25N5O4/c1-3-27-22(31)16-9-5-6-10-17(16)24-23(27)26-25-21(30)15-13-20(29)28(14-15)18-11-7-8-12-19(18)32-4-2/h5-12,15H,3-4,13-14H2,1-2H3,(H,24,26)(H,25,30). The van der Waals surface area contributed by atoms with Gasteiger partial charge < -0.3 is 9.64 Å². The minimum atomic E-state index is -0.549. The molecule has 0 aliphatic carbocycles. The van der Waals surface area contributed by atoms with Crippen molar-refractivity contribution in [1.82, 2.24) is 15.0 Å². The Balaban J connectivity index is 1.49. The maximum atomic E-state index is 12.8. The lowest BCUT2D eigenvalue weighted by atomic mass is 10.1. The number of fused-ring (bicyclic) bond motifs is 1. The van der Waals surface area contributed by atoms with E-state index in [1.54, 1.807) is 41.3 Å². The van der Waals surface area contributed by atoms with Gasteiger partial charge in [0.15, 0.2) is 0 Å². The molecule has 0 bridgehead atoms. The Hall–Kier alpha value is -3.88. The highest BCUT2D eigenvalue weighted by molar-refractivity contribution is 6.01. The van der Waals surface area contributed by atoms with Crippen LogP contribution in [0.2, 0.25) is 0 Å². The van der Waals surface area contributed by atoms with Crippen molar-refractivity contribution in [3.63, 3.8) is 0 Å². The van der Waals surface area contributed by atoms with E-state index in [-0.39, 0.29) is 36.3 Å². The summed E-state index contributed by atoms with van der Waals surface area (Å²) in [6.07, 6.45) is 0.0830. The molecule has 1 unspecified atom stereocenters. The minimum Gasteiger partial charge on any atom is -0.492 e. The first-order valence-corrected chi connectivity index (χ1v) is 10.6. The summed E-state index contributed by atoms with van der Waals surface area (Å²) in [4.78, 5) is 44.2. The van der Waals surface area contributed by atoms with Crippen LogP contribution in [0.4, 0.5) is 11.6 Å². The number of hydrogen-bond acceptors (Lipinski definition) is 6. The van der Waals surface area contributed by atoms with Crippen molar-refractivity contribution in [2.75, 3.05) is 23.5 Å². The van der Waals surface area contributed by atoms with Gasteiger partial charge in [0.2, 0.25) is 17.8 Å². The van der Waals surface area contributed by atoms with Crippen molar-refractivity contribution in [3.05, 3.63) is 58.9 Å². The van der Waals surface area contributed by atoms with Gasteiger partial charge in [0.1, 0.15) is 5.75 Å². The molecule has 166 valence electrons. The number of carbonyl (C=O) groups is 2. The van der Waals surface area contributed by atoms with E-state index in [2.05, 4.69) is 15.8 Å². The number of benzene rings is 2. The molecular weight excluding hydrogens is 410 g/mol. The van der Waals surface area contributed by atoms with Gasteiger partial charge in [-0.05, 0) is 38.1 Å². The maximum Gasteiger partial charge on any atom is 0.262 e. The molecular formula is C23H25N5O4. The number of nitrogens with one attached hydrogen (secondary N) is 2. The highest BCUT2D eigenvalue weighted by Crippen LogP contribution is 2.33. The predicted molar refractivity (Wildman–Crippen MR) is 122 cm³/mol. The third kappa shape index (κ3) is 4.01. The normalized spacial score (nSPS) is 15.8. The molecule has 2 N–H and O–H groups in total. The number of anilines is 2. The fourth-order valence-electron chi connectivity index (χ4n) is 3.85. The first-order valence-electron chi connectivity index (χ1n) is 10.6. The van der Waals surface area contributed by atoms with Gasteiger partial charge in [-0.2, -0.15) is 0 Å². The molecule has 0 spiro atoms. The van der Waals surface area contributed by atoms with Crippen molar-refractivity contribution in [2.45, 2.75) is 26.8 Å². The van der Waals surface area contributed by atoms with Crippen LogP contribution in [0.25, 0.3) is 10.9 Å². The molecule has 0 radical (unpaired) electrons. The molecule has 2 heterocycles. The third-order valence-electron chi connectivity index (χ3n) is 5.43. The Bertz CT molecular complexity index is 1220. The van der Waals surface area contributed by atoms with Crippen LogP contribution in [-0.2, 0) is 16.1 Å². The molecule has 0 saturated carbocycles. The van der Waals surface area contributed by atoms with Crippen molar-refractivity contribution >= 4 is 34.4 Å². The smallest absolute Gasteiger partial charge is 0.262 e. The van der Waals surface area contributed by atoms with Gasteiger partial charge in [-0.15, -0.1) is 0 Å². The summed E-state index contributed by atoms with van der Waals surface area (Å²) in [7, 11) is 0. The second kappa shape index (κ2) is 9.09. The summed E-state index contributed by atoms with van der Waals surface area (Å²) in [5.74, 6) is -0.194. The van der Waals surface area contributed by atoms with Crippen molar-refractivity contribution in [2.24, 2.45) is 5.92 Å². The number of nitrogens with zero attached hydrogens (tertiary/aromatic N) is 3. The number of hydrogen-bond donors (Lipinski definition) is 2. The van der Waals surface area contributed by atoms with Gasteiger partial charge >= 0.3 is 0 Å². The second-order valence-electron chi connectivity index (χ2n) is 7.42. The Labute approximate surface area is 185 Å². The van der Waals surface area contributed by atoms with Gasteiger partial charge in [0, 0.05) is 19.5 Å². The van der Waals surface area contributed by atoms with E-state index in [9.17, 15) is 14.4 Å². The number of para-hydroxylation sites is 3. The molecule has 32 heavy (non-hydrogen) atoms. The molecule has 1 fully saturated rings. The lowest BCUT2D eigenvalue weighted by molar-refractivity contribution is -0.125. The van der Waals surface area contributed by atoms with E-state index >= 15 is 0 Å². The lowest BCUT2D eigenvalue weighted by Gasteiger charge is -2.20. The summed E-state index contributed by atoms with van der Waals surface area (Å²) < 4.78 is 7.07. The Kier molecular flexibility index (Phi) is 6.07. The Morgan fingerprint density at radius 3 is 2.66 bits per heavy atom. The van der Waals surface area contributed by atoms with Crippen LogP contribution in [0, 0.1) is 5.92 Å². The molecule has 9 heteroatoms. The van der Waals surface area contributed by atoms with Crippen LogP contribution >= 0.6 is 0 Å². The summed E-state index contributed by atoms with van der Waals surface area (Å²) in [6, 6.07) is 14.3. The number of rotatable bonds is 7. The topological polar surface area (TPSA) is 106 Å². The molecule has 1 aromatic heterocycles. The lowest BCUT2D eigenvalue weighted by Crippen LogP contribution is -2.39. The van der Waals surface area contributed by atoms with Crippen molar-refractivity contribution in [1.29, 1.82) is 0 Å². The first-order chi connectivity index (χ1) is 15.5. The zero-order chi connectivity index (χ0) is 22.7. The van der Waals surface area contributed by atoms with Crippen LogP contribution in [0.3, 0.4) is 0 Å². The average molecular weight is 435 g/mol. The van der Waals surface area contributed by atoms with Gasteiger partial charge in [-0.1, -0.05) is 24.3 Å². The fraction of sp³-hybridized carbons (Fsp3) is 0.304. The van der Waals surface area contributed by atoms with E-state index in [1.807, 2.05) is 26.0 Å². The molecule has 2 amide bonds. The number of amides is 2. The molecule has 4 rings (SSSR count). The summed E-state index contributed by atoms with van der Waals surface area (Å²) in [5.41, 5.74) is 6.39. The van der Waals surface area contributed by atoms with Gasteiger partial charge in [-0.3, -0.25) is 29.8 Å². The Morgan fingerprint density at radius 2 is 1.88 bits per heavy atom. The van der Waals surface area contributed by atoms with E-state index < -0.39 is 5.92 Å². The summed E-state index contributed by atoms with van der Waals surface area (Å²) in [6.45, 7) is 4.81. The zero-order valence-corrected chi connectivity index (χ0v) is 18.0. The summed E-state index contributed by atoms with van der Waals surface area (Å²) in [5, 5.41) is 0.510. The molecule has 9 nitrogen and oxygen atoms in total. The molecule has 1 aliphatic heterocycles. The van der Waals surface area contributed by atoms with E-state index in [0.717, 1.165) is 0 Å². The second-order valence-corrected chi connectivity index (χ2v) is 7.42. The van der Waals surface area contributed by atoms with E-state index in [4.69, 9.17) is 4.74 Å². The summed E-state index contributed by atoms with van der Waals surface area (Å²) >= 11 is 0. The van der Waals surface area contributed by atoms with Crippen LogP contribution in [-0.4, -0.2) is 34.5 Å². The van der Waals surface area contributed by atoms with E-state index in [0.29, 0.717) is 35.5 Å². The molecule has 1 aliphatic rings. The minimum absolute atomic E-state index is 0.0830. The fourth-order valence-corrected chi connectivity index (χ4v) is 3.85. The number of carbonyl (C=O) groups excluding carboxylic acids is 2. The van der Waals surface area contributed by atoms with Gasteiger partial charge in [-0.25, -0.2) is 4.98 Å². The van der Waals surface area contributed by atoms with Crippen LogP contribution < -0.4 is 26.0 Å². The van der Waals surface area contributed by atoms with Crippen LogP contribution in [0.1, 0.15) is 20.3 Å². The third-order valence-corrected chi connectivity index (χ3v) is 5.43. The van der Waals surface area contributed by atoms with Crippen LogP contribution in [0.15, 0.2) is 53.3 Å². The maximum absolute atomic E-state index is 12.8. The Morgan fingerprint density at radius 1 is 1.12 bits per heavy atom. The molecule has 2 aromatic carbocycles. The number of ether oxygens (including phenoxy) is 1. The first kappa shape index (κ1) is 21.4. The van der Waals surface area contributed by atoms with Gasteiger partial charge in [0.25, 0.3) is 5.56 Å². The molecule has 1 atom stereocenters. The van der Waals surface area contributed by atoms with Crippen LogP contribution in [0.5, 0.6) is 5.75 Å². The SMILES string of the molecule is CCOc1ccccc1N1CC(C(=O)NNc2nc3ccccc3c(=O)n2CC)CC1=O. The highest BCUT2D eigenvalue weighted by Gasteiger charge is 2.36. The quantitative estimate of drug-likeness (QED) is 0.552.